The van der Waals surface area contributed by atoms with E-state index in [1.165, 1.54) is 24.3 Å². The molecule has 0 amide bonds. The summed E-state index contributed by atoms with van der Waals surface area (Å²) in [6.07, 6.45) is 0.367. The third-order valence-corrected chi connectivity index (χ3v) is 3.55. The summed E-state index contributed by atoms with van der Waals surface area (Å²) < 4.78 is 41.1. The van der Waals surface area contributed by atoms with Gasteiger partial charge in [-0.05, 0) is 43.3 Å². The first kappa shape index (κ1) is 15.1. The highest BCUT2D eigenvalue weighted by Crippen LogP contribution is 2.27. The standard InChI is InChI=1S/C15H13BrF3N/c1-20-14(6-9-2-4-11(17)5-3-9)15-12(18)7-10(16)8-13(15)19/h2-5,7-8,14,20H,6H2,1H3. The molecule has 0 bridgehead atoms. The lowest BCUT2D eigenvalue weighted by molar-refractivity contribution is 0.488. The molecule has 2 aromatic rings. The molecule has 0 saturated carbocycles. The number of halogens is 4. The molecule has 1 N–H and O–H groups in total. The summed E-state index contributed by atoms with van der Waals surface area (Å²) >= 11 is 3.05. The summed E-state index contributed by atoms with van der Waals surface area (Å²) in [4.78, 5) is 0. The van der Waals surface area contributed by atoms with Crippen molar-refractivity contribution in [3.05, 3.63) is 69.4 Å². The molecule has 0 aliphatic rings. The second-order valence-corrected chi connectivity index (χ2v) is 5.37. The number of rotatable bonds is 4. The lowest BCUT2D eigenvalue weighted by atomic mass is 9.98. The van der Waals surface area contributed by atoms with Crippen molar-refractivity contribution >= 4 is 15.9 Å². The molecule has 1 nitrogen and oxygen atoms in total. The van der Waals surface area contributed by atoms with E-state index in [1.54, 1.807) is 19.2 Å². The number of likely N-dealkylation sites (N-methyl/N-ethyl adjacent to an activating group) is 1. The Bertz CT molecular complexity index is 576. The van der Waals surface area contributed by atoms with Gasteiger partial charge in [0.15, 0.2) is 0 Å². The smallest absolute Gasteiger partial charge is 0.132 e. The Hall–Kier alpha value is -1.33. The van der Waals surface area contributed by atoms with Gasteiger partial charge in [-0.1, -0.05) is 28.1 Å². The van der Waals surface area contributed by atoms with Crippen LogP contribution in [0.2, 0.25) is 0 Å². The van der Waals surface area contributed by atoms with Crippen LogP contribution in [0, 0.1) is 17.5 Å². The SMILES string of the molecule is CNC(Cc1ccc(F)cc1)c1c(F)cc(Br)cc1F. The number of nitrogens with one attached hydrogen (secondary N) is 1. The predicted octanol–water partition coefficient (Wildman–Crippen LogP) is 4.37. The first-order chi connectivity index (χ1) is 9.51. The molecule has 2 aromatic carbocycles. The van der Waals surface area contributed by atoms with Gasteiger partial charge in [0.05, 0.1) is 0 Å². The van der Waals surface area contributed by atoms with E-state index >= 15 is 0 Å². The van der Waals surface area contributed by atoms with Gasteiger partial charge >= 0.3 is 0 Å². The molecule has 0 aromatic heterocycles. The van der Waals surface area contributed by atoms with Crippen molar-refractivity contribution in [3.63, 3.8) is 0 Å². The van der Waals surface area contributed by atoms with Crippen LogP contribution in [-0.2, 0) is 6.42 Å². The lowest BCUT2D eigenvalue weighted by Gasteiger charge is -2.18. The highest BCUT2D eigenvalue weighted by Gasteiger charge is 2.20. The Morgan fingerprint density at radius 2 is 1.60 bits per heavy atom. The van der Waals surface area contributed by atoms with E-state index in [2.05, 4.69) is 21.2 Å². The molecule has 2 rings (SSSR count). The van der Waals surface area contributed by atoms with Gasteiger partial charge in [0.2, 0.25) is 0 Å². The molecule has 1 unspecified atom stereocenters. The molecule has 0 spiro atoms. The van der Waals surface area contributed by atoms with Crippen molar-refractivity contribution in [3.8, 4) is 0 Å². The van der Waals surface area contributed by atoms with Crippen molar-refractivity contribution in [2.75, 3.05) is 7.05 Å². The van der Waals surface area contributed by atoms with Crippen LogP contribution >= 0.6 is 15.9 Å². The van der Waals surface area contributed by atoms with E-state index in [0.717, 1.165) is 5.56 Å². The van der Waals surface area contributed by atoms with Crippen LogP contribution in [0.4, 0.5) is 13.2 Å². The van der Waals surface area contributed by atoms with Crippen molar-refractivity contribution < 1.29 is 13.2 Å². The van der Waals surface area contributed by atoms with E-state index in [4.69, 9.17) is 0 Å². The van der Waals surface area contributed by atoms with Gasteiger partial charge in [0, 0.05) is 16.1 Å². The largest absolute Gasteiger partial charge is 0.313 e. The summed E-state index contributed by atoms with van der Waals surface area (Å²) in [7, 11) is 1.63. The maximum absolute atomic E-state index is 13.9. The summed E-state index contributed by atoms with van der Waals surface area (Å²) in [5.74, 6) is -1.56. The normalized spacial score (nSPS) is 12.4. The van der Waals surface area contributed by atoms with Crippen LogP contribution < -0.4 is 5.32 Å². The van der Waals surface area contributed by atoms with Crippen LogP contribution in [0.3, 0.4) is 0 Å². The number of hydrogen-bond acceptors (Lipinski definition) is 1. The summed E-state index contributed by atoms with van der Waals surface area (Å²) in [5, 5.41) is 2.89. The second-order valence-electron chi connectivity index (χ2n) is 4.45. The Balaban J connectivity index is 2.31. The summed E-state index contributed by atoms with van der Waals surface area (Å²) in [6, 6.07) is 7.81. The molecule has 0 aliphatic carbocycles. The first-order valence-corrected chi connectivity index (χ1v) is 6.86. The van der Waals surface area contributed by atoms with Crippen LogP contribution in [-0.4, -0.2) is 7.05 Å². The molecule has 20 heavy (non-hydrogen) atoms. The van der Waals surface area contributed by atoms with Crippen LogP contribution in [0.15, 0.2) is 40.9 Å². The Labute approximate surface area is 123 Å². The van der Waals surface area contributed by atoms with Crippen LogP contribution in [0.1, 0.15) is 17.2 Å². The fourth-order valence-electron chi connectivity index (χ4n) is 2.09. The van der Waals surface area contributed by atoms with Crippen molar-refractivity contribution in [2.45, 2.75) is 12.5 Å². The topological polar surface area (TPSA) is 12.0 Å². The molecule has 0 saturated heterocycles. The molecule has 1 atom stereocenters. The van der Waals surface area contributed by atoms with E-state index < -0.39 is 17.7 Å². The highest BCUT2D eigenvalue weighted by molar-refractivity contribution is 9.10. The van der Waals surface area contributed by atoms with Gasteiger partial charge < -0.3 is 5.32 Å². The quantitative estimate of drug-likeness (QED) is 0.869. The zero-order valence-corrected chi connectivity index (χ0v) is 12.3. The van der Waals surface area contributed by atoms with Gasteiger partial charge in [-0.15, -0.1) is 0 Å². The van der Waals surface area contributed by atoms with Gasteiger partial charge in [0.1, 0.15) is 17.5 Å². The van der Waals surface area contributed by atoms with Crippen LogP contribution in [0.5, 0.6) is 0 Å². The Morgan fingerprint density at radius 3 is 2.10 bits per heavy atom. The highest BCUT2D eigenvalue weighted by atomic mass is 79.9. The summed E-state index contributed by atoms with van der Waals surface area (Å²) in [6.45, 7) is 0. The fourth-order valence-corrected chi connectivity index (χ4v) is 2.49. The van der Waals surface area contributed by atoms with E-state index in [9.17, 15) is 13.2 Å². The molecular weight excluding hydrogens is 331 g/mol. The molecule has 0 radical (unpaired) electrons. The fraction of sp³-hybridized carbons (Fsp3) is 0.200. The third kappa shape index (κ3) is 3.41. The summed E-state index contributed by atoms with van der Waals surface area (Å²) in [5.41, 5.74) is 0.785. The van der Waals surface area contributed by atoms with Crippen molar-refractivity contribution in [1.82, 2.24) is 5.32 Å². The third-order valence-electron chi connectivity index (χ3n) is 3.09. The monoisotopic (exact) mass is 343 g/mol. The molecule has 0 fully saturated rings. The zero-order chi connectivity index (χ0) is 14.7. The Morgan fingerprint density at radius 1 is 1.05 bits per heavy atom. The minimum absolute atomic E-state index is 0.0139. The molecular formula is C15H13BrF3N. The van der Waals surface area contributed by atoms with E-state index in [0.29, 0.717) is 10.9 Å². The molecule has 106 valence electrons. The van der Waals surface area contributed by atoms with Gasteiger partial charge in [-0.2, -0.15) is 0 Å². The average Bonchev–Trinajstić information content (AvgIpc) is 2.38. The van der Waals surface area contributed by atoms with Crippen LogP contribution in [0.25, 0.3) is 0 Å². The zero-order valence-electron chi connectivity index (χ0n) is 10.8. The molecule has 0 aliphatic heterocycles. The number of hydrogen-bond donors (Lipinski definition) is 1. The Kier molecular flexibility index (Phi) is 4.83. The van der Waals surface area contributed by atoms with E-state index in [-0.39, 0.29) is 11.4 Å². The minimum Gasteiger partial charge on any atom is -0.313 e. The predicted molar refractivity (Wildman–Crippen MR) is 76.0 cm³/mol. The second kappa shape index (κ2) is 6.41. The lowest BCUT2D eigenvalue weighted by Crippen LogP contribution is -2.21. The van der Waals surface area contributed by atoms with Crippen molar-refractivity contribution in [2.24, 2.45) is 0 Å². The number of benzene rings is 2. The van der Waals surface area contributed by atoms with Gasteiger partial charge in [0.25, 0.3) is 0 Å². The van der Waals surface area contributed by atoms with Gasteiger partial charge in [-0.3, -0.25) is 0 Å². The average molecular weight is 344 g/mol. The van der Waals surface area contributed by atoms with E-state index in [1.807, 2.05) is 0 Å². The molecule has 5 heteroatoms. The maximum Gasteiger partial charge on any atom is 0.132 e. The van der Waals surface area contributed by atoms with Crippen molar-refractivity contribution in [1.29, 1.82) is 0 Å². The minimum atomic E-state index is -0.613. The maximum atomic E-state index is 13.9. The first-order valence-electron chi connectivity index (χ1n) is 6.07. The van der Waals surface area contributed by atoms with Gasteiger partial charge in [-0.25, -0.2) is 13.2 Å². The molecule has 0 heterocycles.